The SMILES string of the molecule is CC(C)C(C)N(C)S(=O)(=O)c1ccc(O)c(N)c1. The van der Waals surface area contributed by atoms with Crippen molar-refractivity contribution in [3.8, 4) is 5.75 Å². The standard InChI is InChI=1S/C12H20N2O3S/c1-8(2)9(3)14(4)18(16,17)10-5-6-12(15)11(13)7-10/h5-9,15H,13H2,1-4H3. The molecule has 0 fully saturated rings. The van der Waals surface area contributed by atoms with E-state index in [4.69, 9.17) is 5.73 Å². The number of nitrogens with zero attached hydrogens (tertiary/aromatic N) is 1. The highest BCUT2D eigenvalue weighted by Crippen LogP contribution is 2.26. The highest BCUT2D eigenvalue weighted by atomic mass is 32.2. The topological polar surface area (TPSA) is 83.6 Å². The van der Waals surface area contributed by atoms with Gasteiger partial charge in [0.05, 0.1) is 10.6 Å². The van der Waals surface area contributed by atoms with Gasteiger partial charge in [-0.1, -0.05) is 13.8 Å². The quantitative estimate of drug-likeness (QED) is 0.644. The molecule has 1 atom stereocenters. The van der Waals surface area contributed by atoms with E-state index in [-0.39, 0.29) is 28.3 Å². The van der Waals surface area contributed by atoms with E-state index < -0.39 is 10.0 Å². The second-order valence-corrected chi connectivity index (χ2v) is 6.72. The average molecular weight is 272 g/mol. The third kappa shape index (κ3) is 2.76. The Balaban J connectivity index is 3.17. The van der Waals surface area contributed by atoms with Gasteiger partial charge in [-0.05, 0) is 31.0 Å². The fourth-order valence-electron chi connectivity index (χ4n) is 1.50. The number of rotatable bonds is 4. The lowest BCUT2D eigenvalue weighted by atomic mass is 10.1. The minimum Gasteiger partial charge on any atom is -0.506 e. The molecule has 0 amide bonds. The first-order valence-electron chi connectivity index (χ1n) is 5.74. The first-order chi connectivity index (χ1) is 8.17. The Morgan fingerprint density at radius 3 is 2.28 bits per heavy atom. The third-order valence-electron chi connectivity index (χ3n) is 3.21. The smallest absolute Gasteiger partial charge is 0.243 e. The van der Waals surface area contributed by atoms with Gasteiger partial charge < -0.3 is 10.8 Å². The zero-order valence-corrected chi connectivity index (χ0v) is 11.9. The summed E-state index contributed by atoms with van der Waals surface area (Å²) in [7, 11) is -2.04. The lowest BCUT2D eigenvalue weighted by Crippen LogP contribution is -2.38. The molecule has 102 valence electrons. The molecule has 6 heteroatoms. The number of hydrogen-bond donors (Lipinski definition) is 2. The van der Waals surface area contributed by atoms with Crippen molar-refractivity contribution in [3.05, 3.63) is 18.2 Å². The highest BCUT2D eigenvalue weighted by molar-refractivity contribution is 7.89. The van der Waals surface area contributed by atoms with Crippen LogP contribution in [0.5, 0.6) is 5.75 Å². The molecule has 0 spiro atoms. The van der Waals surface area contributed by atoms with E-state index in [0.717, 1.165) is 0 Å². The van der Waals surface area contributed by atoms with Crippen LogP contribution in [0.2, 0.25) is 0 Å². The summed E-state index contributed by atoms with van der Waals surface area (Å²) in [6.45, 7) is 5.77. The van der Waals surface area contributed by atoms with E-state index in [2.05, 4.69) is 0 Å². The van der Waals surface area contributed by atoms with Gasteiger partial charge in [0.2, 0.25) is 10.0 Å². The van der Waals surface area contributed by atoms with Crippen LogP contribution >= 0.6 is 0 Å². The van der Waals surface area contributed by atoms with Crippen LogP contribution in [0.3, 0.4) is 0 Å². The van der Waals surface area contributed by atoms with Gasteiger partial charge in [0.15, 0.2) is 0 Å². The second kappa shape index (κ2) is 5.16. The minimum absolute atomic E-state index is 0.0571. The Morgan fingerprint density at radius 1 is 1.28 bits per heavy atom. The fourth-order valence-corrected chi connectivity index (χ4v) is 3.03. The van der Waals surface area contributed by atoms with E-state index in [1.165, 1.54) is 22.5 Å². The van der Waals surface area contributed by atoms with Gasteiger partial charge in [-0.15, -0.1) is 0 Å². The molecule has 0 saturated heterocycles. The minimum atomic E-state index is -3.58. The number of hydrogen-bond acceptors (Lipinski definition) is 4. The first-order valence-corrected chi connectivity index (χ1v) is 7.18. The van der Waals surface area contributed by atoms with Crippen LogP contribution in [-0.2, 0) is 10.0 Å². The number of phenols is 1. The molecule has 3 N–H and O–H groups in total. The molecule has 18 heavy (non-hydrogen) atoms. The third-order valence-corrected chi connectivity index (χ3v) is 5.15. The zero-order valence-electron chi connectivity index (χ0n) is 11.1. The van der Waals surface area contributed by atoms with E-state index >= 15 is 0 Å². The maximum Gasteiger partial charge on any atom is 0.243 e. The Kier molecular flexibility index (Phi) is 4.24. The second-order valence-electron chi connectivity index (χ2n) is 4.73. The van der Waals surface area contributed by atoms with Gasteiger partial charge in [-0.2, -0.15) is 4.31 Å². The van der Waals surface area contributed by atoms with Crippen LogP contribution in [0.25, 0.3) is 0 Å². The van der Waals surface area contributed by atoms with Crippen LogP contribution in [-0.4, -0.2) is 30.9 Å². The number of aromatic hydroxyl groups is 1. The summed E-state index contributed by atoms with van der Waals surface area (Å²) in [6, 6.07) is 3.79. The van der Waals surface area contributed by atoms with Crippen LogP contribution < -0.4 is 5.73 Å². The summed E-state index contributed by atoms with van der Waals surface area (Å²) in [4.78, 5) is 0.0906. The Labute approximate surface area is 108 Å². The van der Waals surface area contributed by atoms with Crippen molar-refractivity contribution < 1.29 is 13.5 Å². The Hall–Kier alpha value is -1.27. The molecule has 0 aliphatic heterocycles. The molecule has 0 aliphatic carbocycles. The van der Waals surface area contributed by atoms with Crippen molar-refractivity contribution in [2.75, 3.05) is 12.8 Å². The number of nitrogens with two attached hydrogens (primary N) is 1. The monoisotopic (exact) mass is 272 g/mol. The number of sulfonamides is 1. The molecule has 0 aromatic heterocycles. The maximum absolute atomic E-state index is 12.3. The maximum atomic E-state index is 12.3. The van der Waals surface area contributed by atoms with Gasteiger partial charge in [0, 0.05) is 13.1 Å². The van der Waals surface area contributed by atoms with E-state index in [1.54, 1.807) is 7.05 Å². The molecule has 1 unspecified atom stereocenters. The fraction of sp³-hybridized carbons (Fsp3) is 0.500. The summed E-state index contributed by atoms with van der Waals surface area (Å²) in [5, 5.41) is 9.31. The molecule has 0 heterocycles. The number of anilines is 1. The zero-order chi connectivity index (χ0) is 14.1. The van der Waals surface area contributed by atoms with Crippen molar-refractivity contribution in [1.29, 1.82) is 0 Å². The van der Waals surface area contributed by atoms with E-state index in [9.17, 15) is 13.5 Å². The molecule has 1 aromatic rings. The molecular weight excluding hydrogens is 252 g/mol. The number of nitrogen functional groups attached to an aromatic ring is 1. The van der Waals surface area contributed by atoms with Gasteiger partial charge in [-0.25, -0.2) is 8.42 Å². The van der Waals surface area contributed by atoms with Gasteiger partial charge in [0.25, 0.3) is 0 Å². The largest absolute Gasteiger partial charge is 0.506 e. The summed E-state index contributed by atoms with van der Waals surface area (Å²) in [5.41, 5.74) is 5.58. The predicted octanol–water partition coefficient (Wildman–Crippen LogP) is 1.64. The highest BCUT2D eigenvalue weighted by Gasteiger charge is 2.27. The van der Waals surface area contributed by atoms with Crippen LogP contribution in [0.15, 0.2) is 23.1 Å². The molecule has 0 aliphatic rings. The number of benzene rings is 1. The van der Waals surface area contributed by atoms with Crippen LogP contribution in [0.1, 0.15) is 20.8 Å². The van der Waals surface area contributed by atoms with Crippen LogP contribution in [0, 0.1) is 5.92 Å². The van der Waals surface area contributed by atoms with Gasteiger partial charge in [-0.3, -0.25) is 0 Å². The lowest BCUT2D eigenvalue weighted by Gasteiger charge is -2.27. The molecule has 1 rings (SSSR count). The molecule has 1 aromatic carbocycles. The van der Waals surface area contributed by atoms with Crippen molar-refractivity contribution in [1.82, 2.24) is 4.31 Å². The van der Waals surface area contributed by atoms with Crippen LogP contribution in [0.4, 0.5) is 5.69 Å². The normalized spacial score (nSPS) is 14.1. The molecule has 0 bridgehead atoms. The summed E-state index contributed by atoms with van der Waals surface area (Å²) in [6.07, 6.45) is 0. The average Bonchev–Trinajstić information content (AvgIpc) is 2.30. The van der Waals surface area contributed by atoms with Gasteiger partial charge in [0.1, 0.15) is 5.75 Å². The molecule has 5 nitrogen and oxygen atoms in total. The predicted molar refractivity (Wildman–Crippen MR) is 71.8 cm³/mol. The number of phenolic OH excluding ortho intramolecular Hbond substituents is 1. The summed E-state index contributed by atoms with van der Waals surface area (Å²) < 4.78 is 26.0. The Bertz CT molecular complexity index is 526. The molecule has 0 saturated carbocycles. The molecule has 0 radical (unpaired) electrons. The van der Waals surface area contributed by atoms with Gasteiger partial charge >= 0.3 is 0 Å². The van der Waals surface area contributed by atoms with Crippen molar-refractivity contribution in [3.63, 3.8) is 0 Å². The Morgan fingerprint density at radius 2 is 1.83 bits per heavy atom. The molecular formula is C12H20N2O3S. The summed E-state index contributed by atoms with van der Waals surface area (Å²) in [5.74, 6) is 0.0905. The van der Waals surface area contributed by atoms with E-state index in [1.807, 2.05) is 20.8 Å². The summed E-state index contributed by atoms with van der Waals surface area (Å²) >= 11 is 0. The van der Waals surface area contributed by atoms with Crippen molar-refractivity contribution in [2.45, 2.75) is 31.7 Å². The van der Waals surface area contributed by atoms with E-state index in [0.29, 0.717) is 0 Å². The van der Waals surface area contributed by atoms with Crippen molar-refractivity contribution in [2.24, 2.45) is 5.92 Å². The first kappa shape index (κ1) is 14.8. The lowest BCUT2D eigenvalue weighted by molar-refractivity contribution is 0.316. The van der Waals surface area contributed by atoms with Crippen molar-refractivity contribution >= 4 is 15.7 Å².